The van der Waals surface area contributed by atoms with Crippen molar-refractivity contribution < 1.29 is 9.53 Å². The highest BCUT2D eigenvalue weighted by Crippen LogP contribution is 2.52. The molecule has 1 aromatic heterocycles. The number of methoxy groups -OCH3 is 1. The number of nitrogens with one attached hydrogen (secondary N) is 3. The SMILES string of the molecule is COc1ccc2c(c1)NC(c1ccc(Cl)s1)(C(C(=O)NC1CCCCC1)C1CCC1)N2. The lowest BCUT2D eigenvalue weighted by molar-refractivity contribution is -0.131. The van der Waals surface area contributed by atoms with Gasteiger partial charge in [-0.25, -0.2) is 0 Å². The van der Waals surface area contributed by atoms with E-state index in [2.05, 4.69) is 22.0 Å². The molecule has 2 fully saturated rings. The standard InChI is InChI=1S/C24H30ClN3O2S/c1-30-17-10-11-18-19(14-17)28-24(27-18,20-12-13-21(25)31-20)22(15-6-5-7-15)23(29)26-16-8-3-2-4-9-16/h10-16,22,27-28H,2-9H2,1H3,(H,26,29). The van der Waals surface area contributed by atoms with Crippen molar-refractivity contribution in [3.05, 3.63) is 39.5 Å². The summed E-state index contributed by atoms with van der Waals surface area (Å²) in [6.45, 7) is 0. The number of carbonyl (C=O) groups is 1. The normalized spacial score (nSPS) is 24.5. The molecular weight excluding hydrogens is 430 g/mol. The van der Waals surface area contributed by atoms with Crippen LogP contribution in [0.25, 0.3) is 0 Å². The third-order valence-corrected chi connectivity index (χ3v) is 8.54. The molecule has 3 aliphatic rings. The molecule has 2 unspecified atom stereocenters. The molecule has 7 heteroatoms. The summed E-state index contributed by atoms with van der Waals surface area (Å²) in [7, 11) is 1.67. The van der Waals surface area contributed by atoms with Crippen LogP contribution in [0, 0.1) is 11.8 Å². The number of fused-ring (bicyclic) bond motifs is 1. The highest BCUT2D eigenvalue weighted by Gasteiger charge is 2.54. The monoisotopic (exact) mass is 459 g/mol. The summed E-state index contributed by atoms with van der Waals surface area (Å²) in [4.78, 5) is 14.9. The van der Waals surface area contributed by atoms with Crippen LogP contribution in [-0.4, -0.2) is 19.1 Å². The van der Waals surface area contributed by atoms with Gasteiger partial charge >= 0.3 is 0 Å². The van der Waals surface area contributed by atoms with Crippen LogP contribution >= 0.6 is 22.9 Å². The lowest BCUT2D eigenvalue weighted by Gasteiger charge is -2.45. The van der Waals surface area contributed by atoms with Gasteiger partial charge in [0.25, 0.3) is 0 Å². The van der Waals surface area contributed by atoms with Gasteiger partial charge in [0.1, 0.15) is 5.75 Å². The first-order valence-electron chi connectivity index (χ1n) is 11.4. The fraction of sp³-hybridized carbons (Fsp3) is 0.542. The Morgan fingerprint density at radius 3 is 2.52 bits per heavy atom. The van der Waals surface area contributed by atoms with Crippen molar-refractivity contribution in [2.24, 2.45) is 11.8 Å². The molecule has 2 heterocycles. The van der Waals surface area contributed by atoms with Crippen molar-refractivity contribution in [2.45, 2.75) is 63.1 Å². The Bertz CT molecular complexity index is 954. The van der Waals surface area contributed by atoms with E-state index in [1.807, 2.05) is 24.3 Å². The van der Waals surface area contributed by atoms with Gasteiger partial charge < -0.3 is 20.7 Å². The average molecular weight is 460 g/mol. The number of hydrogen-bond acceptors (Lipinski definition) is 5. The van der Waals surface area contributed by atoms with Gasteiger partial charge in [-0.15, -0.1) is 11.3 Å². The van der Waals surface area contributed by atoms with E-state index >= 15 is 0 Å². The zero-order valence-corrected chi connectivity index (χ0v) is 19.5. The largest absolute Gasteiger partial charge is 0.497 e. The first-order valence-corrected chi connectivity index (χ1v) is 12.6. The molecule has 1 aromatic carbocycles. The van der Waals surface area contributed by atoms with Gasteiger partial charge in [0, 0.05) is 12.1 Å². The maximum Gasteiger partial charge on any atom is 0.228 e. The van der Waals surface area contributed by atoms with E-state index in [4.69, 9.17) is 16.3 Å². The van der Waals surface area contributed by atoms with Crippen molar-refractivity contribution >= 4 is 40.2 Å². The highest BCUT2D eigenvalue weighted by atomic mass is 35.5. The molecule has 0 bridgehead atoms. The molecule has 2 aliphatic carbocycles. The summed E-state index contributed by atoms with van der Waals surface area (Å²) in [6, 6.07) is 10.2. The smallest absolute Gasteiger partial charge is 0.228 e. The van der Waals surface area contributed by atoms with Crippen LogP contribution in [-0.2, 0) is 10.5 Å². The van der Waals surface area contributed by atoms with Crippen LogP contribution in [0.1, 0.15) is 56.2 Å². The van der Waals surface area contributed by atoms with Crippen LogP contribution in [0.15, 0.2) is 30.3 Å². The topological polar surface area (TPSA) is 62.4 Å². The van der Waals surface area contributed by atoms with E-state index in [0.29, 0.717) is 5.92 Å². The van der Waals surface area contributed by atoms with Crippen molar-refractivity contribution in [2.75, 3.05) is 17.7 Å². The van der Waals surface area contributed by atoms with Crippen molar-refractivity contribution in [3.63, 3.8) is 0 Å². The summed E-state index contributed by atoms with van der Waals surface area (Å²) < 4.78 is 6.17. The Balaban J connectivity index is 1.53. The molecule has 2 saturated carbocycles. The lowest BCUT2D eigenvalue weighted by atomic mass is 9.69. The summed E-state index contributed by atoms with van der Waals surface area (Å²) >= 11 is 7.91. The third-order valence-electron chi connectivity index (χ3n) is 7.17. The summed E-state index contributed by atoms with van der Waals surface area (Å²) in [5.74, 6) is 1.05. The van der Waals surface area contributed by atoms with Gasteiger partial charge in [0.2, 0.25) is 5.91 Å². The Morgan fingerprint density at radius 2 is 1.87 bits per heavy atom. The first-order chi connectivity index (χ1) is 15.1. The van der Waals surface area contributed by atoms with E-state index in [1.165, 1.54) is 37.0 Å². The third kappa shape index (κ3) is 3.89. The second kappa shape index (κ2) is 8.55. The number of rotatable bonds is 6. The van der Waals surface area contributed by atoms with E-state index in [1.54, 1.807) is 7.11 Å². The zero-order chi connectivity index (χ0) is 21.4. The predicted molar refractivity (Wildman–Crippen MR) is 127 cm³/mol. The molecule has 1 amide bonds. The molecule has 1 aliphatic heterocycles. The van der Waals surface area contributed by atoms with Crippen molar-refractivity contribution in [3.8, 4) is 5.75 Å². The molecule has 2 atom stereocenters. The van der Waals surface area contributed by atoms with Crippen molar-refractivity contribution in [1.82, 2.24) is 5.32 Å². The minimum Gasteiger partial charge on any atom is -0.497 e. The van der Waals surface area contributed by atoms with E-state index < -0.39 is 5.66 Å². The Hall–Kier alpha value is -1.92. The molecule has 0 radical (unpaired) electrons. The van der Waals surface area contributed by atoms with Gasteiger partial charge in [-0.2, -0.15) is 0 Å². The van der Waals surface area contributed by atoms with Crippen LogP contribution < -0.4 is 20.7 Å². The molecule has 5 nitrogen and oxygen atoms in total. The number of hydrogen-bond donors (Lipinski definition) is 3. The number of benzene rings is 1. The van der Waals surface area contributed by atoms with E-state index in [0.717, 1.165) is 52.0 Å². The van der Waals surface area contributed by atoms with Crippen LogP contribution in [0.5, 0.6) is 5.75 Å². The summed E-state index contributed by atoms with van der Waals surface area (Å²) in [5, 5.41) is 10.9. The maximum atomic E-state index is 13.8. The van der Waals surface area contributed by atoms with Gasteiger partial charge in [0.05, 0.1) is 33.6 Å². The molecule has 2 aromatic rings. The number of carbonyl (C=O) groups excluding carboxylic acids is 1. The second-order valence-electron chi connectivity index (χ2n) is 9.09. The molecular formula is C24H30ClN3O2S. The average Bonchev–Trinajstić information content (AvgIpc) is 3.34. The molecule has 166 valence electrons. The number of amides is 1. The number of halogens is 1. The number of anilines is 2. The van der Waals surface area contributed by atoms with Crippen LogP contribution in [0.2, 0.25) is 4.34 Å². The molecule has 5 rings (SSSR count). The van der Waals surface area contributed by atoms with Gasteiger partial charge in [0.15, 0.2) is 5.66 Å². The number of ether oxygens (including phenoxy) is 1. The quantitative estimate of drug-likeness (QED) is 0.498. The summed E-state index contributed by atoms with van der Waals surface area (Å²) in [5.41, 5.74) is 1.23. The Kier molecular flexibility index (Phi) is 5.78. The maximum absolute atomic E-state index is 13.8. The fourth-order valence-corrected chi connectivity index (χ4v) is 6.54. The molecule has 31 heavy (non-hydrogen) atoms. The van der Waals surface area contributed by atoms with E-state index in [-0.39, 0.29) is 17.9 Å². The minimum absolute atomic E-state index is 0.154. The summed E-state index contributed by atoms with van der Waals surface area (Å²) in [6.07, 6.45) is 9.17. The Morgan fingerprint density at radius 1 is 1.10 bits per heavy atom. The fourth-order valence-electron chi connectivity index (χ4n) is 5.35. The molecule has 0 saturated heterocycles. The first kappa shape index (κ1) is 21.0. The Labute approximate surface area is 192 Å². The van der Waals surface area contributed by atoms with Gasteiger partial charge in [-0.1, -0.05) is 37.3 Å². The van der Waals surface area contributed by atoms with Crippen molar-refractivity contribution in [1.29, 1.82) is 0 Å². The van der Waals surface area contributed by atoms with Crippen LogP contribution in [0.3, 0.4) is 0 Å². The second-order valence-corrected chi connectivity index (χ2v) is 10.8. The van der Waals surface area contributed by atoms with Gasteiger partial charge in [-0.05, 0) is 55.9 Å². The lowest BCUT2D eigenvalue weighted by Crippen LogP contribution is -2.57. The number of thiophene rings is 1. The van der Waals surface area contributed by atoms with Crippen LogP contribution in [0.4, 0.5) is 11.4 Å². The van der Waals surface area contributed by atoms with Gasteiger partial charge in [-0.3, -0.25) is 4.79 Å². The van der Waals surface area contributed by atoms with E-state index in [9.17, 15) is 4.79 Å². The zero-order valence-electron chi connectivity index (χ0n) is 17.9. The molecule has 3 N–H and O–H groups in total. The minimum atomic E-state index is -0.712. The highest BCUT2D eigenvalue weighted by molar-refractivity contribution is 7.16. The predicted octanol–water partition coefficient (Wildman–Crippen LogP) is 5.97. The molecule has 0 spiro atoms.